The zero-order chi connectivity index (χ0) is 14.6. The van der Waals surface area contributed by atoms with Gasteiger partial charge in [-0.3, -0.25) is 4.98 Å². The Labute approximate surface area is 118 Å². The molecule has 0 amide bonds. The Morgan fingerprint density at radius 3 is 2.55 bits per heavy atom. The van der Waals surface area contributed by atoms with Gasteiger partial charge in [0.05, 0.1) is 4.90 Å². The number of hydrogen-bond acceptors (Lipinski definition) is 4. The molecule has 1 aromatic carbocycles. The smallest absolute Gasteiger partial charge is 0.241 e. The zero-order valence-corrected chi connectivity index (χ0v) is 12.0. The van der Waals surface area contributed by atoms with Crippen molar-refractivity contribution in [1.82, 2.24) is 9.71 Å². The minimum absolute atomic E-state index is 0.225. The van der Waals surface area contributed by atoms with Gasteiger partial charge in [0.15, 0.2) is 0 Å². The third-order valence-electron chi connectivity index (χ3n) is 2.98. The maximum atomic E-state index is 12.4. The van der Waals surface area contributed by atoms with E-state index in [2.05, 4.69) is 9.71 Å². The van der Waals surface area contributed by atoms with Crippen LogP contribution in [-0.2, 0) is 23.0 Å². The highest BCUT2D eigenvalue weighted by Crippen LogP contribution is 2.19. The summed E-state index contributed by atoms with van der Waals surface area (Å²) in [5, 5.41) is 0. The van der Waals surface area contributed by atoms with Gasteiger partial charge in [-0.15, -0.1) is 0 Å². The van der Waals surface area contributed by atoms with Crippen molar-refractivity contribution < 1.29 is 8.42 Å². The quantitative estimate of drug-likeness (QED) is 0.821. The van der Waals surface area contributed by atoms with Crippen molar-refractivity contribution in [3.8, 4) is 0 Å². The lowest BCUT2D eigenvalue weighted by molar-refractivity contribution is 0.580. The van der Waals surface area contributed by atoms with Crippen LogP contribution in [0.3, 0.4) is 0 Å². The molecule has 1 aromatic heterocycles. The molecular formula is C14H17N3O2S. The summed E-state index contributed by atoms with van der Waals surface area (Å²) in [6.45, 7) is 2.14. The number of hydrogen-bond donors (Lipinski definition) is 2. The summed E-state index contributed by atoms with van der Waals surface area (Å²) in [5.41, 5.74) is 7.73. The summed E-state index contributed by atoms with van der Waals surface area (Å²) >= 11 is 0. The Kier molecular flexibility index (Phi) is 4.36. The van der Waals surface area contributed by atoms with Crippen LogP contribution in [0.15, 0.2) is 47.6 Å². The third kappa shape index (κ3) is 3.34. The maximum absolute atomic E-state index is 12.4. The second kappa shape index (κ2) is 6.02. The molecule has 20 heavy (non-hydrogen) atoms. The van der Waals surface area contributed by atoms with Crippen molar-refractivity contribution >= 4 is 15.7 Å². The largest absolute Gasteiger partial charge is 0.399 e. The molecule has 0 aliphatic heterocycles. The van der Waals surface area contributed by atoms with Crippen molar-refractivity contribution in [2.75, 3.05) is 5.73 Å². The lowest BCUT2D eigenvalue weighted by Crippen LogP contribution is -2.24. The fourth-order valence-corrected chi connectivity index (χ4v) is 3.23. The Hall–Kier alpha value is -1.92. The molecule has 0 aliphatic carbocycles. The predicted molar refractivity (Wildman–Crippen MR) is 78.5 cm³/mol. The van der Waals surface area contributed by atoms with Crippen LogP contribution in [0.25, 0.3) is 0 Å². The topological polar surface area (TPSA) is 85.1 Å². The highest BCUT2D eigenvalue weighted by Gasteiger charge is 2.17. The van der Waals surface area contributed by atoms with Crippen LogP contribution in [0.1, 0.15) is 18.1 Å². The van der Waals surface area contributed by atoms with Gasteiger partial charge in [-0.05, 0) is 41.8 Å². The van der Waals surface area contributed by atoms with Gasteiger partial charge < -0.3 is 5.73 Å². The number of nitrogen functional groups attached to an aromatic ring is 1. The monoisotopic (exact) mass is 291 g/mol. The Balaban J connectivity index is 2.24. The summed E-state index contributed by atoms with van der Waals surface area (Å²) in [6.07, 6.45) is 3.88. The van der Waals surface area contributed by atoms with Crippen LogP contribution in [0, 0.1) is 0 Å². The fourth-order valence-electron chi connectivity index (χ4n) is 1.87. The van der Waals surface area contributed by atoms with Gasteiger partial charge >= 0.3 is 0 Å². The van der Waals surface area contributed by atoms with E-state index in [4.69, 9.17) is 5.73 Å². The molecule has 0 bridgehead atoms. The SMILES string of the molecule is CCc1ccc(N)cc1S(=O)(=O)NCc1ccncc1. The predicted octanol–water partition coefficient (Wildman–Crippen LogP) is 1.70. The van der Waals surface area contributed by atoms with E-state index in [0.29, 0.717) is 12.1 Å². The van der Waals surface area contributed by atoms with Crippen LogP contribution < -0.4 is 10.5 Å². The summed E-state index contributed by atoms with van der Waals surface area (Å²) < 4.78 is 27.3. The van der Waals surface area contributed by atoms with Crippen molar-refractivity contribution in [3.05, 3.63) is 53.9 Å². The number of aryl methyl sites for hydroxylation is 1. The number of anilines is 1. The lowest BCUT2D eigenvalue weighted by Gasteiger charge is -2.11. The fraction of sp³-hybridized carbons (Fsp3) is 0.214. The van der Waals surface area contributed by atoms with Gasteiger partial charge in [-0.1, -0.05) is 13.0 Å². The summed E-state index contributed by atoms with van der Waals surface area (Å²) in [5.74, 6) is 0. The van der Waals surface area contributed by atoms with E-state index in [-0.39, 0.29) is 11.4 Å². The molecule has 2 rings (SSSR count). The van der Waals surface area contributed by atoms with Crippen LogP contribution >= 0.6 is 0 Å². The summed E-state index contributed by atoms with van der Waals surface area (Å²) in [6, 6.07) is 8.48. The molecule has 0 aliphatic rings. The van der Waals surface area contributed by atoms with E-state index in [0.717, 1.165) is 11.1 Å². The van der Waals surface area contributed by atoms with Crippen molar-refractivity contribution in [1.29, 1.82) is 0 Å². The molecule has 3 N–H and O–H groups in total. The lowest BCUT2D eigenvalue weighted by atomic mass is 10.1. The molecule has 0 fully saturated rings. The van der Waals surface area contributed by atoms with Gasteiger partial charge in [-0.2, -0.15) is 0 Å². The molecule has 6 heteroatoms. The molecule has 0 radical (unpaired) electrons. The van der Waals surface area contributed by atoms with E-state index in [9.17, 15) is 8.42 Å². The first kappa shape index (κ1) is 14.5. The van der Waals surface area contributed by atoms with Crippen LogP contribution in [0.4, 0.5) is 5.69 Å². The van der Waals surface area contributed by atoms with Crippen LogP contribution in [0.2, 0.25) is 0 Å². The van der Waals surface area contributed by atoms with E-state index in [1.165, 1.54) is 6.07 Å². The molecule has 0 spiro atoms. The zero-order valence-electron chi connectivity index (χ0n) is 11.2. The molecule has 106 valence electrons. The summed E-state index contributed by atoms with van der Waals surface area (Å²) in [4.78, 5) is 4.14. The number of aromatic nitrogens is 1. The molecular weight excluding hydrogens is 274 g/mol. The van der Waals surface area contributed by atoms with Gasteiger partial charge in [0.25, 0.3) is 0 Å². The number of pyridine rings is 1. The third-order valence-corrected chi connectivity index (χ3v) is 4.46. The molecule has 0 atom stereocenters. The van der Waals surface area contributed by atoms with Crippen molar-refractivity contribution in [2.24, 2.45) is 0 Å². The van der Waals surface area contributed by atoms with Gasteiger partial charge in [0, 0.05) is 24.6 Å². The molecule has 0 saturated carbocycles. The first-order valence-electron chi connectivity index (χ1n) is 6.30. The first-order valence-corrected chi connectivity index (χ1v) is 7.78. The van der Waals surface area contributed by atoms with Crippen molar-refractivity contribution in [2.45, 2.75) is 24.8 Å². The summed E-state index contributed by atoms with van der Waals surface area (Å²) in [7, 11) is -3.57. The molecule has 2 aromatic rings. The van der Waals surface area contributed by atoms with Crippen molar-refractivity contribution in [3.63, 3.8) is 0 Å². The Morgan fingerprint density at radius 2 is 1.90 bits per heavy atom. The van der Waals surface area contributed by atoms with E-state index in [1.807, 2.05) is 6.92 Å². The molecule has 1 heterocycles. The highest BCUT2D eigenvalue weighted by molar-refractivity contribution is 7.89. The second-order valence-corrected chi connectivity index (χ2v) is 6.14. The molecule has 5 nitrogen and oxygen atoms in total. The average molecular weight is 291 g/mol. The number of benzene rings is 1. The van der Waals surface area contributed by atoms with E-state index < -0.39 is 10.0 Å². The maximum Gasteiger partial charge on any atom is 0.241 e. The standard InChI is InChI=1S/C14H17N3O2S/c1-2-12-3-4-13(15)9-14(12)20(18,19)17-10-11-5-7-16-8-6-11/h3-9,17H,2,10,15H2,1H3. The molecule has 0 unspecified atom stereocenters. The van der Waals surface area contributed by atoms with Gasteiger partial charge in [-0.25, -0.2) is 13.1 Å². The van der Waals surface area contributed by atoms with Gasteiger partial charge in [0.1, 0.15) is 0 Å². The Bertz CT molecular complexity index is 685. The van der Waals surface area contributed by atoms with Crippen LogP contribution in [0.5, 0.6) is 0 Å². The first-order chi connectivity index (χ1) is 9.53. The average Bonchev–Trinajstić information content (AvgIpc) is 2.46. The van der Waals surface area contributed by atoms with E-state index in [1.54, 1.807) is 36.7 Å². The minimum Gasteiger partial charge on any atom is -0.399 e. The number of rotatable bonds is 5. The second-order valence-electron chi connectivity index (χ2n) is 4.40. The highest BCUT2D eigenvalue weighted by atomic mass is 32.2. The van der Waals surface area contributed by atoms with E-state index >= 15 is 0 Å². The number of nitrogens with one attached hydrogen (secondary N) is 1. The number of sulfonamides is 1. The normalized spacial score (nSPS) is 11.4. The van der Waals surface area contributed by atoms with Crippen LogP contribution in [-0.4, -0.2) is 13.4 Å². The minimum atomic E-state index is -3.57. The number of nitrogens with zero attached hydrogens (tertiary/aromatic N) is 1. The van der Waals surface area contributed by atoms with Gasteiger partial charge in [0.2, 0.25) is 10.0 Å². The Morgan fingerprint density at radius 1 is 1.20 bits per heavy atom. The number of nitrogens with two attached hydrogens (primary N) is 1. The molecule has 0 saturated heterocycles.